The molecule has 0 aromatic heterocycles. The first kappa shape index (κ1) is 11.5. The zero-order valence-electron chi connectivity index (χ0n) is 8.43. The van der Waals surface area contributed by atoms with Gasteiger partial charge in [0, 0.05) is 0 Å². The van der Waals surface area contributed by atoms with E-state index in [-0.39, 0.29) is 0 Å². The highest BCUT2D eigenvalue weighted by atomic mass is 16.5. The van der Waals surface area contributed by atoms with E-state index in [1.54, 1.807) is 0 Å². The third kappa shape index (κ3) is 6.20. The fourth-order valence-electron chi connectivity index (χ4n) is 1.51. The summed E-state index contributed by atoms with van der Waals surface area (Å²) in [5.74, 6) is 0. The summed E-state index contributed by atoms with van der Waals surface area (Å²) >= 11 is 0. The third-order valence-corrected chi connectivity index (χ3v) is 2.30. The van der Waals surface area contributed by atoms with Crippen LogP contribution in [0.1, 0.15) is 46.0 Å². The fourth-order valence-corrected chi connectivity index (χ4v) is 1.51. The van der Waals surface area contributed by atoms with Crippen molar-refractivity contribution >= 4 is 6.47 Å². The molecule has 0 aromatic rings. The van der Waals surface area contributed by atoms with Crippen molar-refractivity contribution in [3.05, 3.63) is 0 Å². The van der Waals surface area contributed by atoms with Gasteiger partial charge in [-0.3, -0.25) is 4.79 Å². The van der Waals surface area contributed by atoms with Gasteiger partial charge in [-0.15, -0.1) is 0 Å². The van der Waals surface area contributed by atoms with Gasteiger partial charge >= 0.3 is 0 Å². The summed E-state index contributed by atoms with van der Waals surface area (Å²) in [5, 5.41) is 0. The van der Waals surface area contributed by atoms with Crippen molar-refractivity contribution in [2.24, 2.45) is 5.41 Å². The monoisotopic (exact) mass is 172 g/mol. The lowest BCUT2D eigenvalue weighted by Gasteiger charge is -2.28. The van der Waals surface area contributed by atoms with Gasteiger partial charge in [0.25, 0.3) is 6.47 Å². The van der Waals surface area contributed by atoms with Crippen molar-refractivity contribution in [3.63, 3.8) is 0 Å². The maximum atomic E-state index is 8.95. The molecule has 0 unspecified atom stereocenters. The van der Waals surface area contributed by atoms with Crippen molar-refractivity contribution < 1.29 is 9.53 Å². The molecule has 0 saturated heterocycles. The minimum absolute atomic E-state index is 0.375. The Balaban J connectivity index is 0.000000261. The average Bonchev–Trinajstić information content (AvgIpc) is 2.05. The van der Waals surface area contributed by atoms with Crippen molar-refractivity contribution in [1.29, 1.82) is 0 Å². The molecule has 0 atom stereocenters. The van der Waals surface area contributed by atoms with Crippen molar-refractivity contribution in [2.45, 2.75) is 46.0 Å². The summed E-state index contributed by atoms with van der Waals surface area (Å²) < 4.78 is 3.86. The van der Waals surface area contributed by atoms with Crippen LogP contribution in [0.4, 0.5) is 0 Å². The third-order valence-electron chi connectivity index (χ3n) is 2.30. The molecule has 0 heterocycles. The normalized spacial score (nSPS) is 20.2. The number of hydrogen-bond acceptors (Lipinski definition) is 2. The Bertz CT molecular complexity index is 111. The van der Waals surface area contributed by atoms with Crippen LogP contribution in [0.15, 0.2) is 0 Å². The molecule has 0 N–H and O–H groups in total. The van der Waals surface area contributed by atoms with E-state index in [9.17, 15) is 0 Å². The van der Waals surface area contributed by atoms with E-state index in [2.05, 4.69) is 18.6 Å². The first-order chi connectivity index (χ1) is 5.62. The molecular formula is C10H20O2. The van der Waals surface area contributed by atoms with E-state index in [1.165, 1.54) is 39.2 Å². The zero-order valence-corrected chi connectivity index (χ0v) is 8.43. The lowest BCUT2D eigenvalue weighted by Crippen LogP contribution is -2.14. The van der Waals surface area contributed by atoms with Gasteiger partial charge in [-0.1, -0.05) is 33.1 Å². The average molecular weight is 172 g/mol. The molecule has 0 aromatic carbocycles. The van der Waals surface area contributed by atoms with Crippen LogP contribution in [0.3, 0.4) is 0 Å². The lowest BCUT2D eigenvalue weighted by molar-refractivity contribution is -0.126. The van der Waals surface area contributed by atoms with Crippen LogP contribution >= 0.6 is 0 Å². The molecule has 1 aliphatic carbocycles. The Labute approximate surface area is 75.3 Å². The van der Waals surface area contributed by atoms with Crippen LogP contribution in [-0.4, -0.2) is 13.6 Å². The first-order valence-electron chi connectivity index (χ1n) is 4.59. The van der Waals surface area contributed by atoms with Gasteiger partial charge < -0.3 is 4.74 Å². The van der Waals surface area contributed by atoms with Crippen molar-refractivity contribution in [3.8, 4) is 0 Å². The molecule has 12 heavy (non-hydrogen) atoms. The Morgan fingerprint density at radius 2 is 1.58 bits per heavy atom. The Morgan fingerprint density at radius 1 is 1.17 bits per heavy atom. The van der Waals surface area contributed by atoms with Gasteiger partial charge in [0.2, 0.25) is 0 Å². The summed E-state index contributed by atoms with van der Waals surface area (Å²) in [7, 11) is 1.31. The van der Waals surface area contributed by atoms with Crippen LogP contribution in [0.2, 0.25) is 0 Å². The quantitative estimate of drug-likeness (QED) is 0.568. The Morgan fingerprint density at radius 3 is 1.75 bits per heavy atom. The van der Waals surface area contributed by atoms with Crippen molar-refractivity contribution in [1.82, 2.24) is 0 Å². The highest BCUT2D eigenvalue weighted by Crippen LogP contribution is 2.34. The van der Waals surface area contributed by atoms with Gasteiger partial charge in [-0.25, -0.2) is 0 Å². The number of carbonyl (C=O) groups is 1. The van der Waals surface area contributed by atoms with E-state index in [0.717, 1.165) is 0 Å². The standard InChI is InChI=1S/C8H16.C2H4O2/c1-8(2)6-4-3-5-7-8;1-4-2-3/h3-7H2,1-2H3;2H,1H3. The van der Waals surface area contributed by atoms with Crippen molar-refractivity contribution in [2.75, 3.05) is 7.11 Å². The number of methoxy groups -OCH3 is 1. The Hall–Kier alpha value is -0.530. The van der Waals surface area contributed by atoms with Crippen LogP contribution in [0.5, 0.6) is 0 Å². The maximum absolute atomic E-state index is 8.95. The number of hydrogen-bond donors (Lipinski definition) is 0. The minimum Gasteiger partial charge on any atom is -0.471 e. The minimum atomic E-state index is 0.375. The van der Waals surface area contributed by atoms with E-state index in [1.807, 2.05) is 0 Å². The summed E-state index contributed by atoms with van der Waals surface area (Å²) in [4.78, 5) is 8.95. The summed E-state index contributed by atoms with van der Waals surface area (Å²) in [5.41, 5.74) is 0.679. The predicted molar refractivity (Wildman–Crippen MR) is 49.9 cm³/mol. The molecule has 1 aliphatic rings. The summed E-state index contributed by atoms with van der Waals surface area (Å²) in [6.45, 7) is 5.14. The second-order valence-corrected chi connectivity index (χ2v) is 4.06. The number of carbonyl (C=O) groups excluding carboxylic acids is 1. The Kier molecular flexibility index (Phi) is 5.77. The molecule has 2 nitrogen and oxygen atoms in total. The van der Waals surface area contributed by atoms with Gasteiger partial charge in [0.05, 0.1) is 7.11 Å². The SMILES string of the molecule is CC1(C)CCCCC1.COC=O. The molecule has 0 bridgehead atoms. The molecular weight excluding hydrogens is 152 g/mol. The number of rotatable bonds is 1. The van der Waals surface area contributed by atoms with E-state index >= 15 is 0 Å². The van der Waals surface area contributed by atoms with Crippen LogP contribution in [-0.2, 0) is 9.53 Å². The topological polar surface area (TPSA) is 26.3 Å². The maximum Gasteiger partial charge on any atom is 0.292 e. The largest absolute Gasteiger partial charge is 0.471 e. The second kappa shape index (κ2) is 6.04. The fraction of sp³-hybridized carbons (Fsp3) is 0.900. The van der Waals surface area contributed by atoms with Crippen LogP contribution in [0.25, 0.3) is 0 Å². The van der Waals surface area contributed by atoms with Gasteiger partial charge in [0.1, 0.15) is 0 Å². The molecule has 1 fully saturated rings. The van der Waals surface area contributed by atoms with Gasteiger partial charge in [-0.2, -0.15) is 0 Å². The summed E-state index contributed by atoms with van der Waals surface area (Å²) in [6, 6.07) is 0. The van der Waals surface area contributed by atoms with E-state index in [4.69, 9.17) is 4.79 Å². The molecule has 0 amide bonds. The van der Waals surface area contributed by atoms with Gasteiger partial charge in [-0.05, 0) is 18.3 Å². The highest BCUT2D eigenvalue weighted by molar-refractivity contribution is 5.36. The molecule has 1 rings (SSSR count). The smallest absolute Gasteiger partial charge is 0.292 e. The van der Waals surface area contributed by atoms with Crippen LogP contribution in [0, 0.1) is 5.41 Å². The highest BCUT2D eigenvalue weighted by Gasteiger charge is 2.19. The first-order valence-corrected chi connectivity index (χ1v) is 4.59. The molecule has 2 heteroatoms. The predicted octanol–water partition coefficient (Wildman–Crippen LogP) is 2.77. The van der Waals surface area contributed by atoms with E-state index in [0.29, 0.717) is 11.9 Å². The molecule has 1 saturated carbocycles. The molecule has 72 valence electrons. The number of ether oxygens (including phenoxy) is 1. The van der Waals surface area contributed by atoms with E-state index < -0.39 is 0 Å². The molecule has 0 spiro atoms. The summed E-state index contributed by atoms with van der Waals surface area (Å²) in [6.07, 6.45) is 7.31. The van der Waals surface area contributed by atoms with Crippen LogP contribution < -0.4 is 0 Å². The zero-order chi connectivity index (χ0) is 9.45. The molecule has 0 aliphatic heterocycles. The second-order valence-electron chi connectivity index (χ2n) is 4.06. The lowest BCUT2D eigenvalue weighted by atomic mass is 9.78. The van der Waals surface area contributed by atoms with Gasteiger partial charge in [0.15, 0.2) is 0 Å². The molecule has 0 radical (unpaired) electrons.